The van der Waals surface area contributed by atoms with E-state index in [2.05, 4.69) is 23.2 Å². The predicted octanol–water partition coefficient (Wildman–Crippen LogP) is 3.04. The summed E-state index contributed by atoms with van der Waals surface area (Å²) in [6.45, 7) is 5.06. The average molecular weight is 341 g/mol. The highest BCUT2D eigenvalue weighted by atomic mass is 35.5. The number of amides is 1. The average Bonchev–Trinajstić information content (AvgIpc) is 2.58. The van der Waals surface area contributed by atoms with Gasteiger partial charge in [-0.1, -0.05) is 19.1 Å². The molecule has 5 heteroatoms. The first-order chi connectivity index (χ1) is 10.7. The van der Waals surface area contributed by atoms with Crippen LogP contribution < -0.4 is 10.1 Å². The van der Waals surface area contributed by atoms with Crippen molar-refractivity contribution in [2.75, 3.05) is 26.7 Å². The summed E-state index contributed by atoms with van der Waals surface area (Å²) < 4.78 is 5.24. The molecule has 0 unspecified atom stereocenters. The van der Waals surface area contributed by atoms with E-state index >= 15 is 0 Å². The van der Waals surface area contributed by atoms with Crippen molar-refractivity contribution < 1.29 is 9.53 Å². The van der Waals surface area contributed by atoms with Gasteiger partial charge >= 0.3 is 0 Å². The van der Waals surface area contributed by atoms with Crippen LogP contribution in [0.5, 0.6) is 5.75 Å². The summed E-state index contributed by atoms with van der Waals surface area (Å²) in [5.74, 6) is 1.14. The van der Waals surface area contributed by atoms with E-state index in [1.165, 1.54) is 0 Å². The van der Waals surface area contributed by atoms with Gasteiger partial charge in [0.05, 0.1) is 7.11 Å². The number of hydrogen-bond donors (Lipinski definition) is 1. The number of rotatable bonds is 7. The molecule has 0 bridgehead atoms. The lowest BCUT2D eigenvalue weighted by molar-refractivity contribution is -0.134. The molecule has 1 aromatic rings. The normalized spacial score (nSPS) is 14.9. The fraction of sp³-hybridized carbons (Fsp3) is 0.611. The molecule has 0 aliphatic carbocycles. The first-order valence-corrected chi connectivity index (χ1v) is 8.37. The Morgan fingerprint density at radius 3 is 2.74 bits per heavy atom. The smallest absolute Gasteiger partial charge is 0.223 e. The van der Waals surface area contributed by atoms with Gasteiger partial charge in [-0.05, 0) is 56.5 Å². The van der Waals surface area contributed by atoms with Crippen LogP contribution in [0.4, 0.5) is 0 Å². The van der Waals surface area contributed by atoms with E-state index in [0.29, 0.717) is 12.5 Å². The molecule has 23 heavy (non-hydrogen) atoms. The molecule has 1 fully saturated rings. The lowest BCUT2D eigenvalue weighted by Gasteiger charge is -2.34. The number of ether oxygens (including phenoxy) is 1. The number of benzene rings is 1. The summed E-state index contributed by atoms with van der Waals surface area (Å²) in [5, 5.41) is 3.37. The molecule has 130 valence electrons. The van der Waals surface area contributed by atoms with E-state index in [-0.39, 0.29) is 18.3 Å². The second-order valence-corrected chi connectivity index (χ2v) is 5.92. The minimum atomic E-state index is 0. The molecule has 0 radical (unpaired) electrons. The molecule has 1 aliphatic rings. The fourth-order valence-corrected chi connectivity index (χ4v) is 3.09. The largest absolute Gasteiger partial charge is 0.497 e. The molecule has 1 amide bonds. The van der Waals surface area contributed by atoms with Crippen LogP contribution in [0, 0.1) is 0 Å². The van der Waals surface area contributed by atoms with Crippen molar-refractivity contribution in [2.45, 2.75) is 45.1 Å². The van der Waals surface area contributed by atoms with Gasteiger partial charge in [0, 0.05) is 19.0 Å². The highest BCUT2D eigenvalue weighted by Crippen LogP contribution is 2.17. The maximum Gasteiger partial charge on any atom is 0.223 e. The molecule has 0 spiro atoms. The second-order valence-electron chi connectivity index (χ2n) is 5.92. The van der Waals surface area contributed by atoms with E-state index < -0.39 is 0 Å². The van der Waals surface area contributed by atoms with Gasteiger partial charge in [0.15, 0.2) is 0 Å². The van der Waals surface area contributed by atoms with Crippen molar-refractivity contribution >= 4 is 18.3 Å². The summed E-state index contributed by atoms with van der Waals surface area (Å²) in [7, 11) is 1.67. The van der Waals surface area contributed by atoms with Crippen molar-refractivity contribution in [1.29, 1.82) is 0 Å². The third-order valence-electron chi connectivity index (χ3n) is 4.30. The number of halogens is 1. The summed E-state index contributed by atoms with van der Waals surface area (Å²) in [6.07, 6.45) is 4.53. The van der Waals surface area contributed by atoms with Crippen molar-refractivity contribution in [3.63, 3.8) is 0 Å². The number of carbonyl (C=O) groups excluding carboxylic acids is 1. The van der Waals surface area contributed by atoms with Gasteiger partial charge in [0.2, 0.25) is 5.91 Å². The fourth-order valence-electron chi connectivity index (χ4n) is 3.09. The number of nitrogens with zero attached hydrogens (tertiary/aromatic N) is 1. The summed E-state index contributed by atoms with van der Waals surface area (Å²) in [6, 6.07) is 8.41. The monoisotopic (exact) mass is 340 g/mol. The first kappa shape index (κ1) is 19.8. The van der Waals surface area contributed by atoms with Gasteiger partial charge in [0.1, 0.15) is 5.75 Å². The molecular formula is C18H29ClN2O2. The van der Waals surface area contributed by atoms with Gasteiger partial charge in [-0.15, -0.1) is 12.4 Å². The third kappa shape index (κ3) is 6.04. The lowest BCUT2D eigenvalue weighted by atomic mass is 10.0. The summed E-state index contributed by atoms with van der Waals surface area (Å²) >= 11 is 0. The van der Waals surface area contributed by atoms with E-state index in [0.717, 1.165) is 56.6 Å². The Morgan fingerprint density at radius 1 is 1.35 bits per heavy atom. The number of carbonyl (C=O) groups is 1. The Bertz CT molecular complexity index is 476. The van der Waals surface area contributed by atoms with Gasteiger partial charge in [-0.3, -0.25) is 4.79 Å². The van der Waals surface area contributed by atoms with E-state index in [4.69, 9.17) is 4.74 Å². The Morgan fingerprint density at radius 2 is 2.09 bits per heavy atom. The minimum absolute atomic E-state index is 0. The third-order valence-corrected chi connectivity index (χ3v) is 4.30. The number of aryl methyl sites for hydroxylation is 1. The Balaban J connectivity index is 0.00000264. The predicted molar refractivity (Wildman–Crippen MR) is 96.5 cm³/mol. The van der Waals surface area contributed by atoms with Crippen LogP contribution in [0.15, 0.2) is 24.3 Å². The highest BCUT2D eigenvalue weighted by molar-refractivity contribution is 5.85. The van der Waals surface area contributed by atoms with Crippen LogP contribution in [0.2, 0.25) is 0 Å². The Labute approximate surface area is 146 Å². The van der Waals surface area contributed by atoms with Crippen molar-refractivity contribution in [3.8, 4) is 5.75 Å². The van der Waals surface area contributed by atoms with Gasteiger partial charge < -0.3 is 15.0 Å². The molecule has 1 aromatic carbocycles. The maximum absolute atomic E-state index is 12.6. The standard InChI is InChI=1S/C18H28N2O2.ClH/c1-3-13-20(16-9-11-19-12-10-16)18(21)8-7-15-5-4-6-17(14-15)22-2;/h4-6,14,16,19H,3,7-13H2,1-2H3;1H. The van der Waals surface area contributed by atoms with Gasteiger partial charge in [-0.2, -0.15) is 0 Å². The van der Waals surface area contributed by atoms with Crippen LogP contribution in [0.1, 0.15) is 38.2 Å². The molecule has 0 aromatic heterocycles. The van der Waals surface area contributed by atoms with Crippen molar-refractivity contribution in [1.82, 2.24) is 10.2 Å². The minimum Gasteiger partial charge on any atom is -0.497 e. The molecule has 0 saturated carbocycles. The Kier molecular flexibility index (Phi) is 9.03. The quantitative estimate of drug-likeness (QED) is 0.829. The molecule has 2 rings (SSSR count). The molecule has 1 saturated heterocycles. The van der Waals surface area contributed by atoms with E-state index in [1.54, 1.807) is 7.11 Å². The second kappa shape index (κ2) is 10.5. The molecule has 1 aliphatic heterocycles. The highest BCUT2D eigenvalue weighted by Gasteiger charge is 2.24. The SMILES string of the molecule is CCCN(C(=O)CCc1cccc(OC)c1)C1CCNCC1.Cl. The Hall–Kier alpha value is -1.26. The molecule has 1 heterocycles. The van der Waals surface area contributed by atoms with Gasteiger partial charge in [-0.25, -0.2) is 0 Å². The van der Waals surface area contributed by atoms with E-state index in [1.807, 2.05) is 18.2 Å². The lowest BCUT2D eigenvalue weighted by Crippen LogP contribution is -2.46. The van der Waals surface area contributed by atoms with Crippen molar-refractivity contribution in [3.05, 3.63) is 29.8 Å². The summed E-state index contributed by atoms with van der Waals surface area (Å²) in [4.78, 5) is 14.7. The number of hydrogen-bond acceptors (Lipinski definition) is 3. The van der Waals surface area contributed by atoms with Crippen LogP contribution in [-0.4, -0.2) is 43.6 Å². The van der Waals surface area contributed by atoms with Crippen LogP contribution in [0.25, 0.3) is 0 Å². The zero-order chi connectivity index (χ0) is 15.8. The van der Waals surface area contributed by atoms with Crippen molar-refractivity contribution in [2.24, 2.45) is 0 Å². The first-order valence-electron chi connectivity index (χ1n) is 8.37. The number of nitrogens with one attached hydrogen (secondary N) is 1. The zero-order valence-corrected chi connectivity index (χ0v) is 15.0. The maximum atomic E-state index is 12.6. The molecule has 0 atom stereocenters. The topological polar surface area (TPSA) is 41.6 Å². The molecular weight excluding hydrogens is 312 g/mol. The van der Waals surface area contributed by atoms with Gasteiger partial charge in [0.25, 0.3) is 0 Å². The molecule has 4 nitrogen and oxygen atoms in total. The van der Waals surface area contributed by atoms with E-state index in [9.17, 15) is 4.79 Å². The van der Waals surface area contributed by atoms with Crippen LogP contribution in [0.3, 0.4) is 0 Å². The zero-order valence-electron chi connectivity index (χ0n) is 14.2. The van der Waals surface area contributed by atoms with Crippen LogP contribution >= 0.6 is 12.4 Å². The molecule has 1 N–H and O–H groups in total. The number of methoxy groups -OCH3 is 1. The summed E-state index contributed by atoms with van der Waals surface area (Å²) in [5.41, 5.74) is 1.16. The number of piperidine rings is 1. The van der Waals surface area contributed by atoms with Crippen LogP contribution in [-0.2, 0) is 11.2 Å².